The predicted octanol–water partition coefficient (Wildman–Crippen LogP) is 2.77. The van der Waals surface area contributed by atoms with E-state index in [9.17, 15) is 0 Å². The standard InChI is InChI=1S/C16H23N3OS/c1-3-19(4-2)16-18-11-15(21-16)10-17-9-13-6-5-7-14(8-13)12-20/h5-8,11,17,20H,3-4,9-10,12H2,1-2H3. The Labute approximate surface area is 130 Å². The predicted molar refractivity (Wildman–Crippen MR) is 88.6 cm³/mol. The van der Waals surface area contributed by atoms with Gasteiger partial charge in [0.15, 0.2) is 5.13 Å². The molecule has 0 aliphatic rings. The number of benzene rings is 1. The molecule has 2 rings (SSSR count). The first-order chi connectivity index (χ1) is 10.3. The summed E-state index contributed by atoms with van der Waals surface area (Å²) in [6.45, 7) is 7.99. The summed E-state index contributed by atoms with van der Waals surface area (Å²) in [5.74, 6) is 0. The van der Waals surface area contributed by atoms with Gasteiger partial charge < -0.3 is 15.3 Å². The molecule has 0 saturated heterocycles. The van der Waals surface area contributed by atoms with Crippen LogP contribution in [0.1, 0.15) is 29.9 Å². The lowest BCUT2D eigenvalue weighted by molar-refractivity contribution is 0.281. The van der Waals surface area contributed by atoms with Gasteiger partial charge in [-0.15, -0.1) is 11.3 Å². The summed E-state index contributed by atoms with van der Waals surface area (Å²) in [6.07, 6.45) is 1.95. The van der Waals surface area contributed by atoms with Crippen molar-refractivity contribution in [2.24, 2.45) is 0 Å². The average molecular weight is 305 g/mol. The molecule has 0 spiro atoms. The third-order valence-corrected chi connectivity index (χ3v) is 4.44. The van der Waals surface area contributed by atoms with E-state index in [1.165, 1.54) is 10.4 Å². The number of aliphatic hydroxyl groups is 1. The number of nitrogens with one attached hydrogen (secondary N) is 1. The fourth-order valence-electron chi connectivity index (χ4n) is 2.19. The average Bonchev–Trinajstić information content (AvgIpc) is 2.97. The quantitative estimate of drug-likeness (QED) is 0.787. The van der Waals surface area contributed by atoms with Crippen LogP contribution in [-0.4, -0.2) is 23.2 Å². The Morgan fingerprint density at radius 1 is 1.19 bits per heavy atom. The Morgan fingerprint density at radius 3 is 2.67 bits per heavy atom. The maximum atomic E-state index is 9.14. The second-order valence-corrected chi connectivity index (χ2v) is 5.96. The molecule has 0 bridgehead atoms. The van der Waals surface area contributed by atoms with Gasteiger partial charge in [-0.2, -0.15) is 0 Å². The van der Waals surface area contributed by atoms with Crippen LogP contribution in [0.5, 0.6) is 0 Å². The van der Waals surface area contributed by atoms with E-state index < -0.39 is 0 Å². The van der Waals surface area contributed by atoms with Gasteiger partial charge in [0, 0.05) is 37.3 Å². The zero-order valence-corrected chi connectivity index (χ0v) is 13.5. The highest BCUT2D eigenvalue weighted by molar-refractivity contribution is 7.15. The summed E-state index contributed by atoms with van der Waals surface area (Å²) in [5, 5.41) is 13.7. The van der Waals surface area contributed by atoms with Crippen LogP contribution in [0.3, 0.4) is 0 Å². The van der Waals surface area contributed by atoms with Crippen LogP contribution in [0.25, 0.3) is 0 Å². The van der Waals surface area contributed by atoms with Crippen molar-refractivity contribution in [2.45, 2.75) is 33.5 Å². The number of nitrogens with zero attached hydrogens (tertiary/aromatic N) is 2. The number of hydrogen-bond acceptors (Lipinski definition) is 5. The van der Waals surface area contributed by atoms with Gasteiger partial charge in [-0.3, -0.25) is 0 Å². The van der Waals surface area contributed by atoms with Crippen LogP contribution in [0, 0.1) is 0 Å². The molecule has 0 fully saturated rings. The van der Waals surface area contributed by atoms with Crippen LogP contribution in [-0.2, 0) is 19.7 Å². The largest absolute Gasteiger partial charge is 0.392 e. The van der Waals surface area contributed by atoms with Crippen molar-refractivity contribution in [3.8, 4) is 0 Å². The molecule has 21 heavy (non-hydrogen) atoms. The van der Waals surface area contributed by atoms with Crippen molar-refractivity contribution in [1.82, 2.24) is 10.3 Å². The number of anilines is 1. The van der Waals surface area contributed by atoms with Crippen LogP contribution >= 0.6 is 11.3 Å². The molecule has 0 radical (unpaired) electrons. The number of aromatic nitrogens is 1. The molecular weight excluding hydrogens is 282 g/mol. The zero-order valence-electron chi connectivity index (χ0n) is 12.7. The second kappa shape index (κ2) is 8.12. The summed E-state index contributed by atoms with van der Waals surface area (Å²) in [4.78, 5) is 7.99. The number of aliphatic hydroxyl groups excluding tert-OH is 1. The highest BCUT2D eigenvalue weighted by Gasteiger charge is 2.07. The molecule has 0 aliphatic heterocycles. The van der Waals surface area contributed by atoms with E-state index >= 15 is 0 Å². The molecule has 0 unspecified atom stereocenters. The molecule has 0 amide bonds. The minimum atomic E-state index is 0.0932. The Balaban J connectivity index is 1.85. The summed E-state index contributed by atoms with van der Waals surface area (Å²) in [6, 6.07) is 8.01. The molecule has 114 valence electrons. The molecular formula is C16H23N3OS. The SMILES string of the molecule is CCN(CC)c1ncc(CNCc2cccc(CO)c2)s1. The maximum Gasteiger partial charge on any atom is 0.185 e. The second-order valence-electron chi connectivity index (χ2n) is 4.86. The molecule has 5 heteroatoms. The topological polar surface area (TPSA) is 48.4 Å². The van der Waals surface area contributed by atoms with E-state index in [0.29, 0.717) is 0 Å². The lowest BCUT2D eigenvalue weighted by atomic mass is 10.1. The number of thiazole rings is 1. The molecule has 0 saturated carbocycles. The first-order valence-corrected chi connectivity index (χ1v) is 8.17. The van der Waals surface area contributed by atoms with Gasteiger partial charge in [0.1, 0.15) is 0 Å². The summed E-state index contributed by atoms with van der Waals surface area (Å²) < 4.78 is 0. The monoisotopic (exact) mass is 305 g/mol. The van der Waals surface area contributed by atoms with Gasteiger partial charge in [0.2, 0.25) is 0 Å². The molecule has 1 aromatic heterocycles. The van der Waals surface area contributed by atoms with Crippen LogP contribution < -0.4 is 10.2 Å². The number of hydrogen-bond donors (Lipinski definition) is 2. The fraction of sp³-hybridized carbons (Fsp3) is 0.438. The molecule has 0 atom stereocenters. The van der Waals surface area contributed by atoms with E-state index in [1.54, 1.807) is 11.3 Å². The first kappa shape index (κ1) is 15.9. The lowest BCUT2D eigenvalue weighted by Gasteiger charge is -2.16. The summed E-state index contributed by atoms with van der Waals surface area (Å²) in [5.41, 5.74) is 2.14. The molecule has 1 heterocycles. The molecule has 0 aliphatic carbocycles. The highest BCUT2D eigenvalue weighted by Crippen LogP contribution is 2.22. The van der Waals surface area contributed by atoms with E-state index in [4.69, 9.17) is 5.11 Å². The van der Waals surface area contributed by atoms with Crippen LogP contribution in [0.15, 0.2) is 30.5 Å². The van der Waals surface area contributed by atoms with Crippen molar-refractivity contribution < 1.29 is 5.11 Å². The van der Waals surface area contributed by atoms with Crippen LogP contribution in [0.4, 0.5) is 5.13 Å². The normalized spacial score (nSPS) is 10.8. The van der Waals surface area contributed by atoms with Crippen molar-refractivity contribution in [3.63, 3.8) is 0 Å². The van der Waals surface area contributed by atoms with E-state index in [1.807, 2.05) is 24.4 Å². The van der Waals surface area contributed by atoms with Gasteiger partial charge in [-0.05, 0) is 25.0 Å². The molecule has 4 nitrogen and oxygen atoms in total. The van der Waals surface area contributed by atoms with Crippen molar-refractivity contribution in [3.05, 3.63) is 46.5 Å². The number of rotatable bonds is 8. The maximum absolute atomic E-state index is 9.14. The van der Waals surface area contributed by atoms with Crippen molar-refractivity contribution >= 4 is 16.5 Å². The van der Waals surface area contributed by atoms with Gasteiger partial charge in [-0.1, -0.05) is 24.3 Å². The third kappa shape index (κ3) is 4.52. The Kier molecular flexibility index (Phi) is 6.17. The van der Waals surface area contributed by atoms with Gasteiger partial charge in [-0.25, -0.2) is 4.98 Å². The van der Waals surface area contributed by atoms with Gasteiger partial charge >= 0.3 is 0 Å². The van der Waals surface area contributed by atoms with Gasteiger partial charge in [0.05, 0.1) is 6.61 Å². The van der Waals surface area contributed by atoms with E-state index in [2.05, 4.69) is 35.1 Å². The fourth-order valence-corrected chi connectivity index (χ4v) is 3.19. The minimum absolute atomic E-state index is 0.0932. The Morgan fingerprint density at radius 2 is 1.95 bits per heavy atom. The lowest BCUT2D eigenvalue weighted by Crippen LogP contribution is -2.21. The van der Waals surface area contributed by atoms with Crippen molar-refractivity contribution in [1.29, 1.82) is 0 Å². The smallest absolute Gasteiger partial charge is 0.185 e. The van der Waals surface area contributed by atoms with Crippen molar-refractivity contribution in [2.75, 3.05) is 18.0 Å². The molecule has 2 aromatic rings. The van der Waals surface area contributed by atoms with Crippen LogP contribution in [0.2, 0.25) is 0 Å². The first-order valence-electron chi connectivity index (χ1n) is 7.35. The summed E-state index contributed by atoms with van der Waals surface area (Å²) >= 11 is 1.75. The van der Waals surface area contributed by atoms with Gasteiger partial charge in [0.25, 0.3) is 0 Å². The van der Waals surface area contributed by atoms with E-state index in [0.717, 1.165) is 36.9 Å². The molecule has 1 aromatic carbocycles. The highest BCUT2D eigenvalue weighted by atomic mass is 32.1. The summed E-state index contributed by atoms with van der Waals surface area (Å²) in [7, 11) is 0. The minimum Gasteiger partial charge on any atom is -0.392 e. The Hall–Kier alpha value is -1.43. The third-order valence-electron chi connectivity index (χ3n) is 3.38. The van der Waals surface area contributed by atoms with E-state index in [-0.39, 0.29) is 6.61 Å². The Bertz CT molecular complexity index is 552. The zero-order chi connectivity index (χ0) is 15.1. The molecule has 2 N–H and O–H groups in total.